The van der Waals surface area contributed by atoms with Gasteiger partial charge in [0.05, 0.1) is 6.61 Å². The number of carboxylic acid groups (broad SMARTS) is 1. The molecular weight excluding hydrogens is 490 g/mol. The minimum atomic E-state index is -4.42. The third-order valence-corrected chi connectivity index (χ3v) is 5.66. The van der Waals surface area contributed by atoms with Gasteiger partial charge in [-0.15, -0.1) is 0 Å². The number of alkyl halides is 6. The zero-order valence-corrected chi connectivity index (χ0v) is 17.2. The van der Waals surface area contributed by atoms with Crippen LogP contribution in [0.25, 0.3) is 9.92 Å². The predicted molar refractivity (Wildman–Crippen MR) is 99.1 cm³/mol. The lowest BCUT2D eigenvalue weighted by Gasteiger charge is -1.99. The Morgan fingerprint density at radius 1 is 0.906 bits per heavy atom. The van der Waals surface area contributed by atoms with E-state index in [1.54, 1.807) is 6.92 Å². The number of aromatic carboxylic acids is 1. The number of esters is 1. The molecule has 16 heteroatoms. The molecule has 0 aliphatic heterocycles. The summed E-state index contributed by atoms with van der Waals surface area (Å²) < 4.78 is 80.6. The van der Waals surface area contributed by atoms with Gasteiger partial charge in [0.25, 0.3) is 0 Å². The fourth-order valence-electron chi connectivity index (χ4n) is 2.26. The van der Waals surface area contributed by atoms with Gasteiger partial charge in [0.1, 0.15) is 9.75 Å². The molecule has 0 bridgehead atoms. The van der Waals surface area contributed by atoms with Crippen LogP contribution in [-0.4, -0.2) is 42.4 Å². The molecule has 0 amide bonds. The maximum Gasteiger partial charge on any atom is 0.427 e. The number of fused-ring (bicyclic) bond motifs is 2. The second kappa shape index (κ2) is 8.42. The second-order valence-corrected chi connectivity index (χ2v) is 7.86. The van der Waals surface area contributed by atoms with E-state index in [9.17, 15) is 35.9 Å². The van der Waals surface area contributed by atoms with Gasteiger partial charge in [-0.05, 0) is 6.92 Å². The summed E-state index contributed by atoms with van der Waals surface area (Å²) in [5.41, 5.74) is -0.262. The van der Waals surface area contributed by atoms with Crippen molar-refractivity contribution >= 4 is 44.5 Å². The number of carboxylic acids is 1. The van der Waals surface area contributed by atoms with Gasteiger partial charge < -0.3 is 9.84 Å². The largest absolute Gasteiger partial charge is 0.476 e. The number of ether oxygens (including phenoxy) is 1. The number of rotatable bonds is 3. The third kappa shape index (κ3) is 5.01. The van der Waals surface area contributed by atoms with Gasteiger partial charge in [-0.25, -0.2) is 19.6 Å². The van der Waals surface area contributed by atoms with E-state index in [-0.39, 0.29) is 27.9 Å². The fourth-order valence-corrected chi connectivity index (χ4v) is 3.93. The average molecular weight is 500 g/mol. The van der Waals surface area contributed by atoms with E-state index in [4.69, 9.17) is 9.84 Å². The van der Waals surface area contributed by atoms with Gasteiger partial charge >= 0.3 is 24.3 Å². The summed E-state index contributed by atoms with van der Waals surface area (Å²) in [6.45, 7) is 1.83. The van der Waals surface area contributed by atoms with Gasteiger partial charge in [0.2, 0.25) is 0 Å². The Kier molecular flexibility index (Phi) is 6.19. The standard InChI is InChI=1S/C9H7F3N2O2S.C7H3F3N2O2S/c1-2-16-7(15)5-3-14-4-6(9(10,11)12)17-8(14)13-5;8-7(9,10)4-2-12-1-3(5(13)14)11-6(12)15-4/h3-4H,2H2,1H3;1-2H,(H,13,14). The minimum Gasteiger partial charge on any atom is -0.476 e. The Bertz CT molecular complexity index is 1220. The van der Waals surface area contributed by atoms with E-state index in [1.807, 2.05) is 0 Å². The molecule has 4 heterocycles. The van der Waals surface area contributed by atoms with Crippen LogP contribution in [0.5, 0.6) is 0 Å². The lowest BCUT2D eigenvalue weighted by molar-refractivity contribution is -0.135. The summed E-state index contributed by atoms with van der Waals surface area (Å²) in [5, 5.41) is 8.54. The van der Waals surface area contributed by atoms with E-state index in [0.29, 0.717) is 22.7 Å². The smallest absolute Gasteiger partial charge is 0.427 e. The van der Waals surface area contributed by atoms with E-state index < -0.39 is 34.0 Å². The van der Waals surface area contributed by atoms with Gasteiger partial charge in [-0.2, -0.15) is 26.3 Å². The Balaban J connectivity index is 0.000000182. The summed E-state index contributed by atoms with van der Waals surface area (Å²) in [6, 6.07) is 0. The number of nitrogens with zero attached hydrogens (tertiary/aromatic N) is 4. The van der Waals surface area contributed by atoms with E-state index in [2.05, 4.69) is 9.97 Å². The number of carbonyl (C=O) groups excluding carboxylic acids is 1. The van der Waals surface area contributed by atoms with Crippen molar-refractivity contribution in [2.24, 2.45) is 0 Å². The maximum absolute atomic E-state index is 12.4. The molecule has 0 unspecified atom stereocenters. The zero-order valence-electron chi connectivity index (χ0n) is 15.6. The van der Waals surface area contributed by atoms with Crippen molar-refractivity contribution in [3.8, 4) is 0 Å². The quantitative estimate of drug-likeness (QED) is 0.323. The van der Waals surface area contributed by atoms with Crippen molar-refractivity contribution in [1.29, 1.82) is 0 Å². The first-order chi connectivity index (χ1) is 14.8. The van der Waals surface area contributed by atoms with Crippen LogP contribution in [0, 0.1) is 0 Å². The molecule has 0 radical (unpaired) electrons. The molecule has 0 aliphatic rings. The van der Waals surface area contributed by atoms with E-state index >= 15 is 0 Å². The van der Waals surface area contributed by atoms with Crippen molar-refractivity contribution in [3.63, 3.8) is 0 Å². The lowest BCUT2D eigenvalue weighted by Crippen LogP contribution is -2.05. The first kappa shape index (κ1) is 23.5. The molecule has 0 fully saturated rings. The number of thiazole rings is 2. The molecule has 4 aromatic heterocycles. The van der Waals surface area contributed by atoms with Crippen molar-refractivity contribution in [2.75, 3.05) is 6.61 Å². The normalized spacial score (nSPS) is 12.1. The molecule has 4 aromatic rings. The zero-order chi connectivity index (χ0) is 23.8. The number of halogens is 6. The molecule has 0 aliphatic carbocycles. The Labute approximate surface area is 181 Å². The fraction of sp³-hybridized carbons (Fsp3) is 0.250. The Morgan fingerprint density at radius 3 is 1.72 bits per heavy atom. The number of imidazole rings is 2. The highest BCUT2D eigenvalue weighted by atomic mass is 32.1. The summed E-state index contributed by atoms with van der Waals surface area (Å²) in [6.07, 6.45) is -4.83. The summed E-state index contributed by atoms with van der Waals surface area (Å²) in [5.74, 6) is -1.91. The molecule has 4 rings (SSSR count). The summed E-state index contributed by atoms with van der Waals surface area (Å²) in [4.78, 5) is 27.6. The number of hydrogen-bond donors (Lipinski definition) is 1. The van der Waals surface area contributed by atoms with Crippen LogP contribution in [0.15, 0.2) is 24.8 Å². The first-order valence-electron chi connectivity index (χ1n) is 8.31. The third-order valence-electron chi connectivity index (χ3n) is 3.57. The van der Waals surface area contributed by atoms with Crippen molar-refractivity contribution in [3.05, 3.63) is 45.9 Å². The summed E-state index contributed by atoms with van der Waals surface area (Å²) in [7, 11) is 0. The highest BCUT2D eigenvalue weighted by Gasteiger charge is 2.34. The van der Waals surface area contributed by atoms with Gasteiger partial charge in [0, 0.05) is 24.8 Å². The molecule has 0 saturated carbocycles. The van der Waals surface area contributed by atoms with Crippen LogP contribution in [0.4, 0.5) is 26.3 Å². The van der Waals surface area contributed by atoms with Crippen LogP contribution in [-0.2, 0) is 17.1 Å². The van der Waals surface area contributed by atoms with Crippen molar-refractivity contribution in [1.82, 2.24) is 18.8 Å². The molecule has 32 heavy (non-hydrogen) atoms. The van der Waals surface area contributed by atoms with Crippen LogP contribution < -0.4 is 0 Å². The highest BCUT2D eigenvalue weighted by Crippen LogP contribution is 2.35. The molecule has 0 saturated heterocycles. The van der Waals surface area contributed by atoms with Crippen molar-refractivity contribution < 1.29 is 45.8 Å². The molecule has 0 aromatic carbocycles. The van der Waals surface area contributed by atoms with Gasteiger partial charge in [-0.3, -0.25) is 8.80 Å². The van der Waals surface area contributed by atoms with Gasteiger partial charge in [-0.1, -0.05) is 22.7 Å². The molecule has 0 atom stereocenters. The van der Waals surface area contributed by atoms with Crippen LogP contribution in [0.1, 0.15) is 37.7 Å². The second-order valence-electron chi connectivity index (χ2n) is 5.84. The Morgan fingerprint density at radius 2 is 1.34 bits per heavy atom. The monoisotopic (exact) mass is 500 g/mol. The highest BCUT2D eigenvalue weighted by molar-refractivity contribution is 7.17. The molecule has 0 spiro atoms. The van der Waals surface area contributed by atoms with E-state index in [1.165, 1.54) is 10.6 Å². The first-order valence-corrected chi connectivity index (χ1v) is 9.94. The predicted octanol–water partition coefficient (Wildman–Crippen LogP) is 4.70. The van der Waals surface area contributed by atoms with Crippen LogP contribution >= 0.6 is 22.7 Å². The summed E-state index contributed by atoms with van der Waals surface area (Å²) >= 11 is 0.886. The lowest BCUT2D eigenvalue weighted by atomic mass is 10.5. The molecule has 1 N–H and O–H groups in total. The SMILES string of the molecule is CCOC(=O)c1cn2cc(C(F)(F)F)sc2n1.O=C(O)c1cn2cc(C(F)(F)F)sc2n1. The van der Waals surface area contributed by atoms with E-state index in [0.717, 1.165) is 23.0 Å². The minimum absolute atomic E-state index is 0.00632. The number of aromatic nitrogens is 4. The molecular formula is C16H10F6N4O4S2. The van der Waals surface area contributed by atoms with Crippen LogP contribution in [0.3, 0.4) is 0 Å². The van der Waals surface area contributed by atoms with Crippen molar-refractivity contribution in [2.45, 2.75) is 19.3 Å². The Hall–Kier alpha value is -3.14. The molecule has 172 valence electrons. The number of carbonyl (C=O) groups is 2. The van der Waals surface area contributed by atoms with Gasteiger partial charge in [0.15, 0.2) is 21.3 Å². The average Bonchev–Trinajstić information content (AvgIpc) is 3.38. The van der Waals surface area contributed by atoms with Crippen LogP contribution in [0.2, 0.25) is 0 Å². The number of hydrogen-bond acceptors (Lipinski definition) is 7. The topological polar surface area (TPSA) is 98.2 Å². The maximum atomic E-state index is 12.4. The molecule has 8 nitrogen and oxygen atoms in total.